The van der Waals surface area contributed by atoms with Crippen molar-refractivity contribution in [2.45, 2.75) is 39.7 Å². The van der Waals surface area contributed by atoms with Crippen molar-refractivity contribution < 1.29 is 9.15 Å². The van der Waals surface area contributed by atoms with E-state index < -0.39 is 0 Å². The zero-order valence-corrected chi connectivity index (χ0v) is 14.6. The van der Waals surface area contributed by atoms with E-state index in [0.717, 1.165) is 16.8 Å². The van der Waals surface area contributed by atoms with Crippen LogP contribution in [0, 0.1) is 6.92 Å². The molecule has 0 fully saturated rings. The highest BCUT2D eigenvalue weighted by Crippen LogP contribution is 2.24. The van der Waals surface area contributed by atoms with Gasteiger partial charge >= 0.3 is 5.76 Å². The molecule has 0 spiro atoms. The highest BCUT2D eigenvalue weighted by Gasteiger charge is 2.13. The summed E-state index contributed by atoms with van der Waals surface area (Å²) < 4.78 is 12.7. The number of hydrogen-bond donors (Lipinski definition) is 0. The first kappa shape index (κ1) is 16.4. The van der Waals surface area contributed by atoms with Gasteiger partial charge < -0.3 is 9.15 Å². The van der Waals surface area contributed by atoms with Crippen LogP contribution in [-0.2, 0) is 12.0 Å². The van der Waals surface area contributed by atoms with Crippen molar-refractivity contribution in [2.24, 2.45) is 0 Å². The summed E-state index contributed by atoms with van der Waals surface area (Å²) in [7, 11) is 0. The molecule has 1 aromatic heterocycles. The number of hydrogen-bond acceptors (Lipinski definition) is 3. The van der Waals surface area contributed by atoms with Gasteiger partial charge in [0.05, 0.1) is 12.1 Å². The van der Waals surface area contributed by atoms with Crippen LogP contribution in [0.1, 0.15) is 31.9 Å². The molecule has 24 heavy (non-hydrogen) atoms. The van der Waals surface area contributed by atoms with Crippen LogP contribution in [0.25, 0.3) is 11.1 Å². The molecule has 126 valence electrons. The molecule has 3 aromatic rings. The first-order chi connectivity index (χ1) is 11.3. The number of rotatable bonds is 4. The van der Waals surface area contributed by atoms with Crippen LogP contribution in [0.2, 0.25) is 0 Å². The SMILES string of the molecule is Cc1ccc2oc(=O)n(CCOc3ccc(C(C)(C)C)cc3)c2c1. The van der Waals surface area contributed by atoms with Crippen LogP contribution in [-0.4, -0.2) is 11.2 Å². The Morgan fingerprint density at radius 2 is 1.79 bits per heavy atom. The molecule has 0 radical (unpaired) electrons. The van der Waals surface area contributed by atoms with Crippen LogP contribution in [0.4, 0.5) is 0 Å². The van der Waals surface area contributed by atoms with Crippen molar-refractivity contribution >= 4 is 11.1 Å². The highest BCUT2D eigenvalue weighted by molar-refractivity contribution is 5.73. The van der Waals surface area contributed by atoms with E-state index in [1.165, 1.54) is 5.56 Å². The molecule has 0 aliphatic carbocycles. The number of aryl methyl sites for hydroxylation is 1. The third-order valence-electron chi connectivity index (χ3n) is 4.13. The van der Waals surface area contributed by atoms with E-state index in [1.807, 2.05) is 37.3 Å². The Bertz CT molecular complexity index is 895. The third kappa shape index (κ3) is 3.37. The molecule has 0 saturated carbocycles. The van der Waals surface area contributed by atoms with Gasteiger partial charge in [0.15, 0.2) is 5.58 Å². The normalized spacial score (nSPS) is 11.8. The first-order valence-corrected chi connectivity index (χ1v) is 8.18. The average Bonchev–Trinajstić information content (AvgIpc) is 2.82. The lowest BCUT2D eigenvalue weighted by atomic mass is 9.87. The maximum Gasteiger partial charge on any atom is 0.420 e. The fourth-order valence-electron chi connectivity index (χ4n) is 2.69. The number of fused-ring (bicyclic) bond motifs is 1. The Morgan fingerprint density at radius 1 is 1.08 bits per heavy atom. The Kier molecular flexibility index (Phi) is 4.22. The Labute approximate surface area is 141 Å². The predicted molar refractivity (Wildman–Crippen MR) is 95.8 cm³/mol. The molecule has 0 unspecified atom stereocenters. The number of oxazole rings is 1. The van der Waals surface area contributed by atoms with Gasteiger partial charge in [0, 0.05) is 0 Å². The minimum atomic E-state index is -0.345. The lowest BCUT2D eigenvalue weighted by Gasteiger charge is -2.19. The van der Waals surface area contributed by atoms with E-state index >= 15 is 0 Å². The maximum atomic E-state index is 12.0. The fraction of sp³-hybridized carbons (Fsp3) is 0.350. The molecule has 0 N–H and O–H groups in total. The summed E-state index contributed by atoms with van der Waals surface area (Å²) in [6.07, 6.45) is 0. The molecule has 0 bridgehead atoms. The van der Waals surface area contributed by atoms with Gasteiger partial charge in [-0.1, -0.05) is 39.0 Å². The van der Waals surface area contributed by atoms with Crippen molar-refractivity contribution in [1.82, 2.24) is 4.57 Å². The van der Waals surface area contributed by atoms with E-state index in [9.17, 15) is 4.79 Å². The van der Waals surface area contributed by atoms with Gasteiger partial charge in [-0.05, 0) is 47.7 Å². The highest BCUT2D eigenvalue weighted by atomic mass is 16.5. The van der Waals surface area contributed by atoms with Crippen molar-refractivity contribution in [1.29, 1.82) is 0 Å². The molecule has 2 aromatic carbocycles. The van der Waals surface area contributed by atoms with E-state index in [0.29, 0.717) is 18.7 Å². The average molecular weight is 325 g/mol. The standard InChI is InChI=1S/C20H23NO3/c1-14-5-10-18-17(13-14)21(19(22)24-18)11-12-23-16-8-6-15(7-9-16)20(2,3)4/h5-10,13H,11-12H2,1-4H3. The first-order valence-electron chi connectivity index (χ1n) is 8.18. The van der Waals surface area contributed by atoms with Crippen LogP contribution < -0.4 is 10.5 Å². The number of benzene rings is 2. The minimum absolute atomic E-state index is 0.124. The molecule has 0 atom stereocenters. The molecule has 0 aliphatic heterocycles. The van der Waals surface area contributed by atoms with Gasteiger partial charge in [-0.15, -0.1) is 0 Å². The van der Waals surface area contributed by atoms with E-state index in [-0.39, 0.29) is 11.2 Å². The molecule has 4 nitrogen and oxygen atoms in total. The fourth-order valence-corrected chi connectivity index (χ4v) is 2.69. The van der Waals surface area contributed by atoms with Crippen molar-refractivity contribution in [3.05, 3.63) is 64.1 Å². The number of aromatic nitrogens is 1. The zero-order valence-electron chi connectivity index (χ0n) is 14.6. The van der Waals surface area contributed by atoms with Gasteiger partial charge in [-0.3, -0.25) is 4.57 Å². The largest absolute Gasteiger partial charge is 0.492 e. The van der Waals surface area contributed by atoms with Crippen LogP contribution >= 0.6 is 0 Å². The van der Waals surface area contributed by atoms with Gasteiger partial charge in [0.2, 0.25) is 0 Å². The smallest absolute Gasteiger partial charge is 0.420 e. The van der Waals surface area contributed by atoms with Crippen LogP contribution in [0.15, 0.2) is 51.7 Å². The van der Waals surface area contributed by atoms with Crippen molar-refractivity contribution in [3.8, 4) is 5.75 Å². The Morgan fingerprint density at radius 3 is 2.46 bits per heavy atom. The molecule has 3 rings (SSSR count). The topological polar surface area (TPSA) is 44.4 Å². The maximum absolute atomic E-state index is 12.0. The van der Waals surface area contributed by atoms with Gasteiger partial charge in [0.1, 0.15) is 12.4 Å². The zero-order chi connectivity index (χ0) is 17.3. The molecule has 0 saturated heterocycles. The van der Waals surface area contributed by atoms with Gasteiger partial charge in [-0.2, -0.15) is 0 Å². The van der Waals surface area contributed by atoms with Gasteiger partial charge in [0.25, 0.3) is 0 Å². The second-order valence-corrected chi connectivity index (χ2v) is 7.11. The summed E-state index contributed by atoms with van der Waals surface area (Å²) in [6.45, 7) is 9.41. The van der Waals surface area contributed by atoms with E-state index in [2.05, 4.69) is 32.9 Å². The van der Waals surface area contributed by atoms with Gasteiger partial charge in [-0.25, -0.2) is 4.79 Å². The van der Waals surface area contributed by atoms with Crippen molar-refractivity contribution in [2.75, 3.05) is 6.61 Å². The summed E-state index contributed by atoms with van der Waals surface area (Å²) in [4.78, 5) is 12.0. The molecule has 1 heterocycles. The molecular weight excluding hydrogens is 302 g/mol. The summed E-state index contributed by atoms with van der Waals surface area (Å²) in [5.74, 6) is 0.460. The van der Waals surface area contributed by atoms with E-state index in [4.69, 9.17) is 9.15 Å². The summed E-state index contributed by atoms with van der Waals surface area (Å²) in [5, 5.41) is 0. The lowest BCUT2D eigenvalue weighted by Crippen LogP contribution is -2.18. The van der Waals surface area contributed by atoms with Crippen LogP contribution in [0.5, 0.6) is 5.75 Å². The molecule has 0 aliphatic rings. The second-order valence-electron chi connectivity index (χ2n) is 7.11. The molecular formula is C20H23NO3. The summed E-state index contributed by atoms with van der Waals surface area (Å²) in [5.41, 5.74) is 3.91. The third-order valence-corrected chi connectivity index (χ3v) is 4.13. The number of nitrogens with zero attached hydrogens (tertiary/aromatic N) is 1. The predicted octanol–water partition coefficient (Wildman–Crippen LogP) is 4.28. The molecule has 4 heteroatoms. The summed E-state index contributed by atoms with van der Waals surface area (Å²) in [6, 6.07) is 13.8. The van der Waals surface area contributed by atoms with E-state index in [1.54, 1.807) is 4.57 Å². The number of ether oxygens (including phenoxy) is 1. The Hall–Kier alpha value is -2.49. The lowest BCUT2D eigenvalue weighted by molar-refractivity contribution is 0.294. The minimum Gasteiger partial charge on any atom is -0.492 e. The molecule has 0 amide bonds. The van der Waals surface area contributed by atoms with Crippen molar-refractivity contribution in [3.63, 3.8) is 0 Å². The second kappa shape index (κ2) is 6.19. The van der Waals surface area contributed by atoms with Crippen LogP contribution in [0.3, 0.4) is 0 Å². The summed E-state index contributed by atoms with van der Waals surface area (Å²) >= 11 is 0. The monoisotopic (exact) mass is 325 g/mol. The quantitative estimate of drug-likeness (QED) is 0.719. The Balaban J connectivity index is 1.70.